The Bertz CT molecular complexity index is 1100. The number of nitrogens with zero attached hydrogens (tertiary/aromatic N) is 2. The Kier molecular flexibility index (Phi) is 5.38. The maximum Gasteiger partial charge on any atom is 0.211 e. The predicted octanol–water partition coefficient (Wildman–Crippen LogP) is 4.30. The molecule has 0 atom stereocenters. The van der Waals surface area contributed by atoms with Gasteiger partial charge in [-0.05, 0) is 63.1 Å². The molecule has 0 unspecified atom stereocenters. The molecule has 0 spiro atoms. The summed E-state index contributed by atoms with van der Waals surface area (Å²) < 4.78 is 31.5. The average molecular weight is 398 g/mol. The normalized spacial score (nSPS) is 11.3. The first-order valence-corrected chi connectivity index (χ1v) is 10.3. The Labute approximate surface area is 165 Å². The number of hydrogen-bond donors (Lipinski definition) is 1. The number of aromatic nitrogens is 2. The van der Waals surface area contributed by atoms with Gasteiger partial charge in [0.1, 0.15) is 16.5 Å². The van der Waals surface area contributed by atoms with E-state index in [-0.39, 0.29) is 15.6 Å². The highest BCUT2D eigenvalue weighted by Gasteiger charge is 2.24. The van der Waals surface area contributed by atoms with Gasteiger partial charge in [-0.25, -0.2) is 18.4 Å². The first-order valence-electron chi connectivity index (χ1n) is 8.80. The summed E-state index contributed by atoms with van der Waals surface area (Å²) in [6, 6.07) is 10.3. The van der Waals surface area contributed by atoms with Gasteiger partial charge in [-0.15, -0.1) is 0 Å². The fraction of sp³-hybridized carbons (Fsp3) is 0.238. The Morgan fingerprint density at radius 3 is 2.14 bits per heavy atom. The number of ether oxygens (including phenoxy) is 1. The first-order chi connectivity index (χ1) is 13.2. The number of sulfone groups is 1. The fourth-order valence-electron chi connectivity index (χ4n) is 3.12. The molecule has 28 heavy (non-hydrogen) atoms. The molecule has 146 valence electrons. The molecule has 1 N–H and O–H groups in total. The van der Waals surface area contributed by atoms with Crippen molar-refractivity contribution in [3.63, 3.8) is 0 Å². The minimum Gasteiger partial charge on any atom is -0.497 e. The van der Waals surface area contributed by atoms with Crippen LogP contribution < -0.4 is 10.1 Å². The minimum atomic E-state index is -3.81. The molecule has 1 aromatic heterocycles. The van der Waals surface area contributed by atoms with Crippen molar-refractivity contribution in [1.82, 2.24) is 9.97 Å². The Balaban J connectivity index is 2.11. The van der Waals surface area contributed by atoms with Gasteiger partial charge in [0.15, 0.2) is 5.82 Å². The lowest BCUT2D eigenvalue weighted by Gasteiger charge is -2.16. The van der Waals surface area contributed by atoms with Crippen LogP contribution in [0.15, 0.2) is 52.4 Å². The van der Waals surface area contributed by atoms with Gasteiger partial charge in [-0.3, -0.25) is 0 Å². The van der Waals surface area contributed by atoms with E-state index in [1.54, 1.807) is 19.1 Å². The Morgan fingerprint density at radius 1 is 0.964 bits per heavy atom. The smallest absolute Gasteiger partial charge is 0.211 e. The van der Waals surface area contributed by atoms with Crippen LogP contribution in [-0.4, -0.2) is 25.5 Å². The van der Waals surface area contributed by atoms with Crippen molar-refractivity contribution in [2.75, 3.05) is 12.4 Å². The van der Waals surface area contributed by atoms with Crippen LogP contribution in [0.1, 0.15) is 22.5 Å². The Hall–Kier alpha value is -2.93. The molecule has 0 bridgehead atoms. The van der Waals surface area contributed by atoms with E-state index >= 15 is 0 Å². The molecule has 0 amide bonds. The molecule has 7 heteroatoms. The van der Waals surface area contributed by atoms with Gasteiger partial charge < -0.3 is 10.1 Å². The van der Waals surface area contributed by atoms with Crippen LogP contribution in [-0.2, 0) is 9.84 Å². The predicted molar refractivity (Wildman–Crippen MR) is 109 cm³/mol. The standard InChI is InChI=1S/C21H23N3O3S/c1-13-10-14(2)20(15(3)11-13)24-21-19(12-22-16(4)23-21)28(25,26)18-8-6-17(27-5)7-9-18/h6-12H,1-5H3,(H,22,23,24). The van der Waals surface area contributed by atoms with Gasteiger partial charge in [0.25, 0.3) is 0 Å². The van der Waals surface area contributed by atoms with Crippen LogP contribution in [0.3, 0.4) is 0 Å². The van der Waals surface area contributed by atoms with E-state index in [0.29, 0.717) is 11.6 Å². The second kappa shape index (κ2) is 7.59. The molecular weight excluding hydrogens is 374 g/mol. The van der Waals surface area contributed by atoms with Gasteiger partial charge in [-0.1, -0.05) is 17.7 Å². The molecule has 0 fully saturated rings. The lowest BCUT2D eigenvalue weighted by molar-refractivity contribution is 0.414. The van der Waals surface area contributed by atoms with Gasteiger partial charge in [0.2, 0.25) is 9.84 Å². The second-order valence-corrected chi connectivity index (χ2v) is 8.63. The van der Waals surface area contributed by atoms with Crippen molar-refractivity contribution in [1.29, 1.82) is 0 Å². The largest absolute Gasteiger partial charge is 0.497 e. The zero-order valence-electron chi connectivity index (χ0n) is 16.6. The summed E-state index contributed by atoms with van der Waals surface area (Å²) in [5, 5.41) is 3.22. The van der Waals surface area contributed by atoms with E-state index in [1.807, 2.05) is 32.9 Å². The molecule has 3 aromatic rings. The molecule has 2 aromatic carbocycles. The number of hydrogen-bond acceptors (Lipinski definition) is 6. The molecule has 0 aliphatic rings. The van der Waals surface area contributed by atoms with Crippen molar-refractivity contribution in [3.05, 3.63) is 65.1 Å². The molecule has 0 aliphatic carbocycles. The van der Waals surface area contributed by atoms with Crippen LogP contribution in [0.5, 0.6) is 5.75 Å². The molecule has 0 saturated carbocycles. The van der Waals surface area contributed by atoms with Crippen molar-refractivity contribution in [3.8, 4) is 5.75 Å². The summed E-state index contributed by atoms with van der Waals surface area (Å²) in [6.07, 6.45) is 1.35. The maximum absolute atomic E-state index is 13.2. The number of rotatable bonds is 5. The zero-order chi connectivity index (χ0) is 20.5. The molecule has 0 radical (unpaired) electrons. The highest BCUT2D eigenvalue weighted by atomic mass is 32.2. The number of anilines is 2. The highest BCUT2D eigenvalue weighted by molar-refractivity contribution is 7.91. The van der Waals surface area contributed by atoms with Crippen LogP contribution in [0.2, 0.25) is 0 Å². The number of methoxy groups -OCH3 is 1. The third-order valence-corrected chi connectivity index (χ3v) is 6.23. The zero-order valence-corrected chi connectivity index (χ0v) is 17.4. The van der Waals surface area contributed by atoms with Crippen LogP contribution in [0.25, 0.3) is 0 Å². The number of aryl methyl sites for hydroxylation is 4. The molecule has 1 heterocycles. The van der Waals surface area contributed by atoms with E-state index in [0.717, 1.165) is 22.4 Å². The van der Waals surface area contributed by atoms with E-state index in [9.17, 15) is 8.42 Å². The van der Waals surface area contributed by atoms with Crippen LogP contribution >= 0.6 is 0 Å². The van der Waals surface area contributed by atoms with Gasteiger partial charge >= 0.3 is 0 Å². The summed E-state index contributed by atoms with van der Waals surface area (Å²) in [4.78, 5) is 8.67. The third kappa shape index (κ3) is 3.84. The number of nitrogens with one attached hydrogen (secondary N) is 1. The van der Waals surface area contributed by atoms with E-state index < -0.39 is 9.84 Å². The lowest BCUT2D eigenvalue weighted by Crippen LogP contribution is -2.10. The molecule has 3 rings (SSSR count). The van der Waals surface area contributed by atoms with Gasteiger partial charge in [0, 0.05) is 5.69 Å². The van der Waals surface area contributed by atoms with Crippen LogP contribution in [0, 0.1) is 27.7 Å². The van der Waals surface area contributed by atoms with Crippen molar-refractivity contribution >= 4 is 21.3 Å². The lowest BCUT2D eigenvalue weighted by atomic mass is 10.1. The van der Waals surface area contributed by atoms with E-state index in [4.69, 9.17) is 4.74 Å². The van der Waals surface area contributed by atoms with Gasteiger partial charge in [-0.2, -0.15) is 0 Å². The summed E-state index contributed by atoms with van der Waals surface area (Å²) in [5.74, 6) is 1.33. The summed E-state index contributed by atoms with van der Waals surface area (Å²) in [5.41, 5.74) is 4.02. The molecular formula is C21H23N3O3S. The number of benzene rings is 2. The quantitative estimate of drug-likeness (QED) is 0.691. The first kappa shape index (κ1) is 19.8. The van der Waals surface area contributed by atoms with Gasteiger partial charge in [0.05, 0.1) is 18.2 Å². The highest BCUT2D eigenvalue weighted by Crippen LogP contribution is 2.31. The minimum absolute atomic E-state index is 0.0302. The molecule has 0 aliphatic heterocycles. The van der Waals surface area contributed by atoms with E-state index in [2.05, 4.69) is 15.3 Å². The summed E-state index contributed by atoms with van der Waals surface area (Å²) >= 11 is 0. The monoisotopic (exact) mass is 397 g/mol. The van der Waals surface area contributed by atoms with Crippen LogP contribution in [0.4, 0.5) is 11.5 Å². The molecule has 6 nitrogen and oxygen atoms in total. The summed E-state index contributed by atoms with van der Waals surface area (Å²) in [6.45, 7) is 7.71. The third-order valence-electron chi connectivity index (χ3n) is 4.46. The van der Waals surface area contributed by atoms with E-state index in [1.165, 1.54) is 25.4 Å². The fourth-order valence-corrected chi connectivity index (χ4v) is 4.41. The second-order valence-electron chi connectivity index (χ2n) is 6.71. The maximum atomic E-state index is 13.2. The van der Waals surface area contributed by atoms with Crippen molar-refractivity contribution in [2.45, 2.75) is 37.5 Å². The van der Waals surface area contributed by atoms with Crippen molar-refractivity contribution in [2.24, 2.45) is 0 Å². The average Bonchev–Trinajstić information content (AvgIpc) is 2.64. The SMILES string of the molecule is COc1ccc(S(=O)(=O)c2cnc(C)nc2Nc2c(C)cc(C)cc2C)cc1. The Morgan fingerprint density at radius 2 is 1.57 bits per heavy atom. The molecule has 0 saturated heterocycles. The summed E-state index contributed by atoms with van der Waals surface area (Å²) in [7, 11) is -2.28. The topological polar surface area (TPSA) is 81.2 Å². The van der Waals surface area contributed by atoms with Crippen molar-refractivity contribution < 1.29 is 13.2 Å².